The van der Waals surface area contributed by atoms with E-state index in [1.54, 1.807) is 25.3 Å². The van der Waals surface area contributed by atoms with Gasteiger partial charge < -0.3 is 9.72 Å². The number of aromatic nitrogens is 1. The van der Waals surface area contributed by atoms with Gasteiger partial charge in [-0.3, -0.25) is 4.79 Å². The number of ketones is 1. The molecular formula is C22H23NO3. The van der Waals surface area contributed by atoms with Crippen molar-refractivity contribution in [1.82, 2.24) is 4.98 Å². The van der Waals surface area contributed by atoms with Crippen molar-refractivity contribution >= 4 is 22.7 Å². The number of ether oxygens (including phenoxy) is 1. The van der Waals surface area contributed by atoms with E-state index in [-0.39, 0.29) is 11.2 Å². The number of hydrogen-bond acceptors (Lipinski definition) is 3. The van der Waals surface area contributed by atoms with Crippen LogP contribution in [0.4, 0.5) is 0 Å². The molecule has 26 heavy (non-hydrogen) atoms. The number of esters is 1. The third-order valence-electron chi connectivity index (χ3n) is 4.50. The molecule has 0 aliphatic rings. The Balaban J connectivity index is 1.74. The predicted octanol–water partition coefficient (Wildman–Crippen LogP) is 4.89. The number of nitrogens with one attached hydrogen (secondary N) is 1. The molecule has 2 aromatic carbocycles. The van der Waals surface area contributed by atoms with Gasteiger partial charge in [0, 0.05) is 22.7 Å². The third kappa shape index (κ3) is 3.54. The summed E-state index contributed by atoms with van der Waals surface area (Å²) in [5, 5.41) is 0.784. The zero-order chi connectivity index (χ0) is 18.9. The summed E-state index contributed by atoms with van der Waals surface area (Å²) in [6.07, 6.45) is 0.763. The maximum Gasteiger partial charge on any atom is 0.341 e. The Labute approximate surface area is 153 Å². The zero-order valence-electron chi connectivity index (χ0n) is 15.5. The molecule has 3 rings (SSSR count). The van der Waals surface area contributed by atoms with E-state index in [9.17, 15) is 9.59 Å². The van der Waals surface area contributed by atoms with E-state index in [1.807, 2.05) is 36.4 Å². The number of carbonyl (C=O) groups excluding carboxylic acids is 2. The largest absolute Gasteiger partial charge is 0.451 e. The normalized spacial score (nSPS) is 12.8. The van der Waals surface area contributed by atoms with E-state index in [1.165, 1.54) is 0 Å². The van der Waals surface area contributed by atoms with E-state index in [0.717, 1.165) is 16.5 Å². The zero-order valence-corrected chi connectivity index (χ0v) is 15.5. The standard InChI is InChI=1S/C22H23NO3/c1-14(20(24)15-9-11-16(12-10-15)22(2,3)4)26-21(25)18-13-23-19-8-6-5-7-17(18)19/h5-14,23H,1-4H3/t14-/m1/s1. The number of carbonyl (C=O) groups is 2. The van der Waals surface area contributed by atoms with Crippen molar-refractivity contribution < 1.29 is 14.3 Å². The fraction of sp³-hybridized carbons (Fsp3) is 0.273. The first kappa shape index (κ1) is 17.9. The Kier molecular flexibility index (Phi) is 4.68. The molecule has 0 radical (unpaired) electrons. The van der Waals surface area contributed by atoms with Gasteiger partial charge in [-0.2, -0.15) is 0 Å². The Morgan fingerprint density at radius 2 is 1.65 bits per heavy atom. The first-order valence-corrected chi connectivity index (χ1v) is 8.69. The van der Waals surface area contributed by atoms with Crippen molar-refractivity contribution in [3.05, 3.63) is 71.4 Å². The molecule has 1 atom stereocenters. The van der Waals surface area contributed by atoms with Crippen molar-refractivity contribution in [3.63, 3.8) is 0 Å². The number of fused-ring (bicyclic) bond motifs is 1. The van der Waals surface area contributed by atoms with Crippen LogP contribution in [-0.4, -0.2) is 22.8 Å². The molecule has 0 saturated heterocycles. The summed E-state index contributed by atoms with van der Waals surface area (Å²) in [5.41, 5.74) is 3.00. The van der Waals surface area contributed by atoms with E-state index < -0.39 is 12.1 Å². The van der Waals surface area contributed by atoms with Crippen molar-refractivity contribution in [2.75, 3.05) is 0 Å². The fourth-order valence-electron chi connectivity index (χ4n) is 2.89. The Morgan fingerprint density at radius 3 is 2.31 bits per heavy atom. The molecule has 0 spiro atoms. The molecule has 0 bridgehead atoms. The average Bonchev–Trinajstić information content (AvgIpc) is 3.04. The first-order valence-electron chi connectivity index (χ1n) is 8.69. The van der Waals surface area contributed by atoms with Gasteiger partial charge in [0.15, 0.2) is 6.10 Å². The van der Waals surface area contributed by atoms with Crippen molar-refractivity contribution in [1.29, 1.82) is 0 Å². The van der Waals surface area contributed by atoms with Gasteiger partial charge in [0.25, 0.3) is 0 Å². The van der Waals surface area contributed by atoms with E-state index in [4.69, 9.17) is 4.74 Å². The minimum atomic E-state index is -0.850. The highest BCUT2D eigenvalue weighted by Gasteiger charge is 2.23. The average molecular weight is 349 g/mol. The number of rotatable bonds is 4. The molecule has 0 unspecified atom stereocenters. The molecule has 0 aliphatic heterocycles. The van der Waals surface area contributed by atoms with Crippen molar-refractivity contribution in [2.24, 2.45) is 0 Å². The maximum absolute atomic E-state index is 12.6. The lowest BCUT2D eigenvalue weighted by atomic mass is 9.86. The summed E-state index contributed by atoms with van der Waals surface area (Å²) in [6, 6.07) is 15.0. The predicted molar refractivity (Wildman–Crippen MR) is 103 cm³/mol. The van der Waals surface area contributed by atoms with Gasteiger partial charge in [0.1, 0.15) is 0 Å². The van der Waals surface area contributed by atoms with Crippen molar-refractivity contribution in [3.8, 4) is 0 Å². The fourth-order valence-corrected chi connectivity index (χ4v) is 2.89. The van der Waals surface area contributed by atoms with Gasteiger partial charge in [-0.15, -0.1) is 0 Å². The highest BCUT2D eigenvalue weighted by Crippen LogP contribution is 2.23. The Morgan fingerprint density at radius 1 is 1.00 bits per heavy atom. The molecular weight excluding hydrogens is 326 g/mol. The molecule has 134 valence electrons. The van der Waals surface area contributed by atoms with Gasteiger partial charge in [0.05, 0.1) is 5.56 Å². The molecule has 0 amide bonds. The number of hydrogen-bond donors (Lipinski definition) is 1. The van der Waals surface area contributed by atoms with Crippen LogP contribution in [-0.2, 0) is 10.2 Å². The molecule has 1 N–H and O–H groups in total. The van der Waals surface area contributed by atoms with Crippen LogP contribution < -0.4 is 0 Å². The molecule has 0 saturated carbocycles. The maximum atomic E-state index is 12.6. The second-order valence-electron chi connectivity index (χ2n) is 7.49. The number of para-hydroxylation sites is 1. The van der Waals surface area contributed by atoms with Crippen LogP contribution in [0.5, 0.6) is 0 Å². The quantitative estimate of drug-likeness (QED) is 0.539. The molecule has 0 aliphatic carbocycles. The lowest BCUT2D eigenvalue weighted by molar-refractivity contribution is 0.0321. The molecule has 3 aromatic rings. The lowest BCUT2D eigenvalue weighted by Gasteiger charge is -2.19. The van der Waals surface area contributed by atoms with Crippen LogP contribution in [0.25, 0.3) is 10.9 Å². The van der Waals surface area contributed by atoms with E-state index in [2.05, 4.69) is 25.8 Å². The van der Waals surface area contributed by atoms with Crippen LogP contribution >= 0.6 is 0 Å². The SMILES string of the molecule is C[C@@H](OC(=O)c1c[nH]c2ccccc12)C(=O)c1ccc(C(C)(C)C)cc1. The Hall–Kier alpha value is -2.88. The summed E-state index contributed by atoms with van der Waals surface area (Å²) < 4.78 is 5.41. The minimum absolute atomic E-state index is 0.0228. The topological polar surface area (TPSA) is 59.2 Å². The van der Waals surface area contributed by atoms with Gasteiger partial charge in [-0.05, 0) is 24.0 Å². The van der Waals surface area contributed by atoms with Gasteiger partial charge in [-0.1, -0.05) is 63.2 Å². The number of aromatic amines is 1. The molecule has 1 heterocycles. The Bertz CT molecular complexity index is 945. The van der Waals surface area contributed by atoms with Gasteiger partial charge >= 0.3 is 5.97 Å². The van der Waals surface area contributed by atoms with Crippen LogP contribution in [0.15, 0.2) is 54.7 Å². The van der Waals surface area contributed by atoms with Crippen LogP contribution in [0.1, 0.15) is 54.0 Å². The lowest BCUT2D eigenvalue weighted by Crippen LogP contribution is -2.24. The van der Waals surface area contributed by atoms with E-state index >= 15 is 0 Å². The van der Waals surface area contributed by atoms with Gasteiger partial charge in [0.2, 0.25) is 5.78 Å². The van der Waals surface area contributed by atoms with E-state index in [0.29, 0.717) is 11.1 Å². The number of benzene rings is 2. The summed E-state index contributed by atoms with van der Waals surface area (Å²) >= 11 is 0. The molecule has 4 nitrogen and oxygen atoms in total. The third-order valence-corrected chi connectivity index (χ3v) is 4.50. The highest BCUT2D eigenvalue weighted by molar-refractivity contribution is 6.06. The van der Waals surface area contributed by atoms with Gasteiger partial charge in [-0.25, -0.2) is 4.79 Å². The smallest absolute Gasteiger partial charge is 0.341 e. The summed E-state index contributed by atoms with van der Waals surface area (Å²) in [6.45, 7) is 7.97. The molecule has 0 fully saturated rings. The second-order valence-corrected chi connectivity index (χ2v) is 7.49. The molecule has 4 heteroatoms. The monoisotopic (exact) mass is 349 g/mol. The van der Waals surface area contributed by atoms with Crippen LogP contribution in [0, 0.1) is 0 Å². The summed E-state index contributed by atoms with van der Waals surface area (Å²) in [5.74, 6) is -0.715. The van der Waals surface area contributed by atoms with Crippen molar-refractivity contribution in [2.45, 2.75) is 39.2 Å². The molecule has 1 aromatic heterocycles. The highest BCUT2D eigenvalue weighted by atomic mass is 16.5. The summed E-state index contributed by atoms with van der Waals surface area (Å²) in [4.78, 5) is 28.1. The minimum Gasteiger partial charge on any atom is -0.451 e. The number of Topliss-reactive ketones (excluding diaryl/α,β-unsaturated/α-hetero) is 1. The summed E-state index contributed by atoms with van der Waals surface area (Å²) in [7, 11) is 0. The number of H-pyrrole nitrogens is 1. The first-order chi connectivity index (χ1) is 12.3. The van der Waals surface area contributed by atoms with Crippen LogP contribution in [0.3, 0.4) is 0 Å². The van der Waals surface area contributed by atoms with Crippen LogP contribution in [0.2, 0.25) is 0 Å². The second kappa shape index (κ2) is 6.79.